The quantitative estimate of drug-likeness (QED) is 0.719. The maximum Gasteiger partial charge on any atom is 0.254 e. The van der Waals surface area contributed by atoms with Gasteiger partial charge in [-0.1, -0.05) is 48.0 Å². The Morgan fingerprint density at radius 3 is 2.60 bits per heavy atom. The van der Waals surface area contributed by atoms with Crippen LogP contribution in [0.15, 0.2) is 48.5 Å². The highest BCUT2D eigenvalue weighted by Crippen LogP contribution is 2.26. The van der Waals surface area contributed by atoms with Gasteiger partial charge in [0.1, 0.15) is 5.82 Å². The highest BCUT2D eigenvalue weighted by molar-refractivity contribution is 5.95. The average Bonchev–Trinajstić information content (AvgIpc) is 3.05. The lowest BCUT2D eigenvalue weighted by molar-refractivity contribution is 0.0725. The normalized spacial score (nSPS) is 17.7. The van der Waals surface area contributed by atoms with Crippen molar-refractivity contribution in [2.45, 2.75) is 39.8 Å². The van der Waals surface area contributed by atoms with Crippen LogP contribution in [-0.2, 0) is 6.54 Å². The highest BCUT2D eigenvalue weighted by atomic mass is 16.2. The molecule has 0 saturated carbocycles. The molecule has 0 spiro atoms. The molecule has 1 amide bonds. The summed E-state index contributed by atoms with van der Waals surface area (Å²) in [5.74, 6) is 1.64. The van der Waals surface area contributed by atoms with Crippen molar-refractivity contribution in [3.8, 4) is 0 Å². The predicted molar refractivity (Wildman–Crippen MR) is 117 cm³/mol. The van der Waals surface area contributed by atoms with Crippen molar-refractivity contribution < 1.29 is 4.79 Å². The molecule has 2 aromatic carbocycles. The fourth-order valence-corrected chi connectivity index (χ4v) is 4.21. The number of hydrogen-bond acceptors (Lipinski definition) is 4. The molecule has 4 rings (SSSR count). The van der Waals surface area contributed by atoms with Crippen molar-refractivity contribution in [3.63, 3.8) is 0 Å². The Labute approximate surface area is 177 Å². The first-order valence-corrected chi connectivity index (χ1v) is 10.5. The van der Waals surface area contributed by atoms with Gasteiger partial charge in [0.2, 0.25) is 0 Å². The Balaban J connectivity index is 1.62. The summed E-state index contributed by atoms with van der Waals surface area (Å²) in [6, 6.07) is 16.4. The van der Waals surface area contributed by atoms with Crippen LogP contribution in [0.4, 0.5) is 0 Å². The summed E-state index contributed by atoms with van der Waals surface area (Å²) in [7, 11) is 0. The lowest BCUT2D eigenvalue weighted by atomic mass is 10.0. The Hall–Kier alpha value is -2.99. The molecule has 2 heterocycles. The van der Waals surface area contributed by atoms with Crippen LogP contribution < -0.4 is 0 Å². The number of rotatable bonds is 4. The first kappa shape index (κ1) is 20.3. The Morgan fingerprint density at radius 2 is 1.90 bits per heavy atom. The highest BCUT2D eigenvalue weighted by Gasteiger charge is 2.32. The molecule has 6 heteroatoms. The van der Waals surface area contributed by atoms with Gasteiger partial charge in [-0.15, -0.1) is 0 Å². The van der Waals surface area contributed by atoms with Gasteiger partial charge in [0.15, 0.2) is 5.82 Å². The number of aromatic amines is 1. The van der Waals surface area contributed by atoms with E-state index in [9.17, 15) is 4.79 Å². The van der Waals surface area contributed by atoms with Crippen molar-refractivity contribution in [3.05, 3.63) is 82.4 Å². The van der Waals surface area contributed by atoms with Gasteiger partial charge in [-0.25, -0.2) is 4.98 Å². The number of carbonyl (C=O) groups is 1. The van der Waals surface area contributed by atoms with Crippen molar-refractivity contribution in [1.29, 1.82) is 0 Å². The van der Waals surface area contributed by atoms with E-state index in [4.69, 9.17) is 0 Å². The van der Waals surface area contributed by atoms with Crippen LogP contribution in [0, 0.1) is 20.8 Å². The van der Waals surface area contributed by atoms with E-state index in [0.717, 1.165) is 48.8 Å². The van der Waals surface area contributed by atoms with E-state index in [-0.39, 0.29) is 11.9 Å². The molecule has 1 aliphatic heterocycles. The molecular formula is C24H29N5O. The van der Waals surface area contributed by atoms with E-state index in [1.54, 1.807) is 0 Å². The maximum atomic E-state index is 13.4. The number of nitrogens with one attached hydrogen (secondary N) is 1. The molecule has 0 radical (unpaired) electrons. The zero-order valence-electron chi connectivity index (χ0n) is 17.9. The van der Waals surface area contributed by atoms with Gasteiger partial charge in [0.05, 0.1) is 6.04 Å². The summed E-state index contributed by atoms with van der Waals surface area (Å²) >= 11 is 0. The second kappa shape index (κ2) is 8.79. The van der Waals surface area contributed by atoms with Gasteiger partial charge in [0.25, 0.3) is 5.91 Å². The van der Waals surface area contributed by atoms with Crippen molar-refractivity contribution in [2.75, 3.05) is 19.6 Å². The second-order valence-corrected chi connectivity index (χ2v) is 8.17. The van der Waals surface area contributed by atoms with E-state index >= 15 is 0 Å². The minimum absolute atomic E-state index is 0.0487. The smallest absolute Gasteiger partial charge is 0.254 e. The molecule has 1 atom stereocenters. The summed E-state index contributed by atoms with van der Waals surface area (Å²) in [6.07, 6.45) is 0.920. The molecule has 0 bridgehead atoms. The van der Waals surface area contributed by atoms with E-state index < -0.39 is 0 Å². The summed E-state index contributed by atoms with van der Waals surface area (Å²) in [4.78, 5) is 22.4. The SMILES string of the molecule is Cc1ccc(C(=O)N2CCCN(Cc3ccccc3)C(c3n[nH]c(C)n3)C2)c(C)c1. The molecule has 1 aliphatic rings. The second-order valence-electron chi connectivity index (χ2n) is 8.17. The van der Waals surface area contributed by atoms with Crippen LogP contribution in [0.1, 0.15) is 51.2 Å². The number of amides is 1. The third kappa shape index (κ3) is 4.44. The van der Waals surface area contributed by atoms with Crippen molar-refractivity contribution >= 4 is 5.91 Å². The fourth-order valence-electron chi connectivity index (χ4n) is 4.21. The molecule has 1 unspecified atom stereocenters. The van der Waals surface area contributed by atoms with Gasteiger partial charge in [-0.05, 0) is 44.4 Å². The van der Waals surface area contributed by atoms with Crippen LogP contribution in [0.5, 0.6) is 0 Å². The van der Waals surface area contributed by atoms with E-state index in [1.165, 1.54) is 11.1 Å². The molecule has 1 aromatic heterocycles. The molecule has 1 N–H and O–H groups in total. The van der Waals surface area contributed by atoms with Crippen molar-refractivity contribution in [2.24, 2.45) is 0 Å². The Kier molecular flexibility index (Phi) is 5.95. The predicted octanol–water partition coefficient (Wildman–Crippen LogP) is 3.82. The zero-order chi connectivity index (χ0) is 21.1. The third-order valence-electron chi connectivity index (χ3n) is 5.75. The van der Waals surface area contributed by atoms with Gasteiger partial charge >= 0.3 is 0 Å². The Morgan fingerprint density at radius 1 is 1.10 bits per heavy atom. The number of benzene rings is 2. The number of nitrogens with zero attached hydrogens (tertiary/aromatic N) is 4. The van der Waals surface area contributed by atoms with Gasteiger partial charge in [-0.3, -0.25) is 14.8 Å². The summed E-state index contributed by atoms with van der Waals surface area (Å²) in [6.45, 7) is 8.99. The number of aromatic nitrogens is 3. The molecular weight excluding hydrogens is 374 g/mol. The van der Waals surface area contributed by atoms with Gasteiger partial charge in [0, 0.05) is 31.7 Å². The number of H-pyrrole nitrogens is 1. The standard InChI is InChI=1S/C24H29N5O/c1-17-10-11-21(18(2)14-17)24(30)29-13-7-12-28(15-20-8-5-4-6-9-20)22(16-29)23-25-19(3)26-27-23/h4-6,8-11,14,22H,7,12-13,15-16H2,1-3H3,(H,25,26,27). The minimum Gasteiger partial charge on any atom is -0.337 e. The summed E-state index contributed by atoms with van der Waals surface area (Å²) in [5, 5.41) is 7.42. The minimum atomic E-state index is -0.0487. The van der Waals surface area contributed by atoms with Crippen LogP contribution in [0.2, 0.25) is 0 Å². The first-order chi connectivity index (χ1) is 14.5. The van der Waals surface area contributed by atoms with Crippen LogP contribution >= 0.6 is 0 Å². The lowest BCUT2D eigenvalue weighted by Crippen LogP contribution is -2.38. The van der Waals surface area contributed by atoms with Crippen LogP contribution in [0.25, 0.3) is 0 Å². The monoisotopic (exact) mass is 403 g/mol. The fraction of sp³-hybridized carbons (Fsp3) is 0.375. The van der Waals surface area contributed by atoms with Crippen LogP contribution in [0.3, 0.4) is 0 Å². The zero-order valence-corrected chi connectivity index (χ0v) is 17.9. The average molecular weight is 404 g/mol. The Bertz CT molecular complexity index is 1010. The molecule has 6 nitrogen and oxygen atoms in total. The number of carbonyl (C=O) groups excluding carboxylic acids is 1. The van der Waals surface area contributed by atoms with E-state index in [0.29, 0.717) is 6.54 Å². The number of aryl methyl sites for hydroxylation is 3. The lowest BCUT2D eigenvalue weighted by Gasteiger charge is -2.30. The van der Waals surface area contributed by atoms with Crippen molar-refractivity contribution in [1.82, 2.24) is 25.0 Å². The molecule has 1 fully saturated rings. The largest absolute Gasteiger partial charge is 0.337 e. The van der Waals surface area contributed by atoms with Crippen LogP contribution in [-0.4, -0.2) is 50.5 Å². The first-order valence-electron chi connectivity index (χ1n) is 10.5. The maximum absolute atomic E-state index is 13.4. The van der Waals surface area contributed by atoms with Gasteiger partial charge < -0.3 is 4.90 Å². The van der Waals surface area contributed by atoms with Gasteiger partial charge in [-0.2, -0.15) is 5.10 Å². The molecule has 156 valence electrons. The molecule has 0 aliphatic carbocycles. The number of hydrogen-bond donors (Lipinski definition) is 1. The summed E-state index contributed by atoms with van der Waals surface area (Å²) < 4.78 is 0. The summed E-state index contributed by atoms with van der Waals surface area (Å²) in [5.41, 5.74) is 4.23. The molecule has 1 saturated heterocycles. The van der Waals surface area contributed by atoms with E-state index in [2.05, 4.69) is 57.3 Å². The topological polar surface area (TPSA) is 65.1 Å². The molecule has 3 aromatic rings. The third-order valence-corrected chi connectivity index (χ3v) is 5.75. The van der Waals surface area contributed by atoms with E-state index in [1.807, 2.05) is 36.9 Å². The molecule has 30 heavy (non-hydrogen) atoms.